The number of aliphatic hydroxyl groups excluding tert-OH is 5. The van der Waals surface area contributed by atoms with E-state index in [0.29, 0.717) is 11.1 Å². The van der Waals surface area contributed by atoms with Gasteiger partial charge >= 0.3 is 5.97 Å². The van der Waals surface area contributed by atoms with E-state index in [2.05, 4.69) is 10.6 Å². The summed E-state index contributed by atoms with van der Waals surface area (Å²) in [5.74, 6) is -1.47. The lowest BCUT2D eigenvalue weighted by Gasteiger charge is -2.39. The highest BCUT2D eigenvalue weighted by molar-refractivity contribution is 5.94. The minimum absolute atomic E-state index is 0.0116. The minimum Gasteiger partial charge on any atom is -0.456 e. The maximum Gasteiger partial charge on any atom is 0.338 e. The Morgan fingerprint density at radius 1 is 0.920 bits per heavy atom. The number of benzene rings is 1. The highest BCUT2D eigenvalue weighted by atomic mass is 16.8. The predicted octanol–water partition coefficient (Wildman–Crippen LogP) is -0.713. The van der Waals surface area contributed by atoms with E-state index in [1.807, 2.05) is 0 Å². The van der Waals surface area contributed by atoms with Crippen LogP contribution in [0.3, 0.4) is 0 Å². The van der Waals surface area contributed by atoms with Crippen LogP contribution in [0.25, 0.3) is 6.08 Å². The van der Waals surface area contributed by atoms with Crippen LogP contribution in [-0.4, -0.2) is 131 Å². The molecular weight excluding hydrogens is 656 g/mol. The van der Waals surface area contributed by atoms with E-state index < -0.39 is 67.4 Å². The standard InChI is InChI=1S/C35H46N2O13/c38-14-13-36-27(40)11-12-37-32(44)21-16-24(31-25(17-21)49-35(50-31,22-7-8-22)23-9-10-23)47-33(45)20-5-3-19(4-6-20)2-1-15-46-34-30(43)29(42)28(41)26(18-39)48-34/h1-6,17,22-26,28-31,34,38-39,41-43H,7-16,18H2,(H,36,40)(H,37,44). The molecule has 2 amide bonds. The number of aliphatic hydroxyl groups is 5. The molecule has 15 nitrogen and oxygen atoms in total. The van der Waals surface area contributed by atoms with Gasteiger partial charge in [0.1, 0.15) is 42.7 Å². The van der Waals surface area contributed by atoms with Crippen LogP contribution in [0.1, 0.15) is 54.4 Å². The summed E-state index contributed by atoms with van der Waals surface area (Å²) in [6.45, 7) is -0.507. The average molecular weight is 703 g/mol. The molecule has 15 heteroatoms. The number of hydrogen-bond acceptors (Lipinski definition) is 13. The topological polar surface area (TPSA) is 223 Å². The molecule has 2 saturated carbocycles. The Balaban J connectivity index is 1.06. The van der Waals surface area contributed by atoms with Crippen molar-refractivity contribution in [3.05, 3.63) is 53.1 Å². The van der Waals surface area contributed by atoms with Crippen LogP contribution < -0.4 is 10.6 Å². The van der Waals surface area contributed by atoms with Crippen molar-refractivity contribution in [3.8, 4) is 0 Å². The highest BCUT2D eigenvalue weighted by Crippen LogP contribution is 2.59. The Labute approximate surface area is 289 Å². The molecule has 0 spiro atoms. The number of fused-ring (bicyclic) bond motifs is 1. The van der Waals surface area contributed by atoms with Crippen molar-refractivity contribution in [2.24, 2.45) is 11.8 Å². The second-order valence-corrected chi connectivity index (χ2v) is 13.4. The number of nitrogens with one attached hydrogen (secondary N) is 2. The van der Waals surface area contributed by atoms with Crippen molar-refractivity contribution in [1.82, 2.24) is 10.6 Å². The Hall–Kier alpha value is -3.25. The zero-order chi connectivity index (χ0) is 35.4. The van der Waals surface area contributed by atoms with E-state index in [0.717, 1.165) is 31.2 Å². The van der Waals surface area contributed by atoms with Crippen LogP contribution in [0.15, 0.2) is 42.0 Å². The zero-order valence-corrected chi connectivity index (χ0v) is 27.6. The van der Waals surface area contributed by atoms with Crippen LogP contribution in [0.2, 0.25) is 0 Å². The van der Waals surface area contributed by atoms with Crippen molar-refractivity contribution in [3.63, 3.8) is 0 Å². The van der Waals surface area contributed by atoms with E-state index in [1.54, 1.807) is 42.5 Å². The summed E-state index contributed by atoms with van der Waals surface area (Å²) >= 11 is 0. The number of carbonyl (C=O) groups is 3. The van der Waals surface area contributed by atoms with Gasteiger partial charge in [0.25, 0.3) is 0 Å². The summed E-state index contributed by atoms with van der Waals surface area (Å²) in [7, 11) is 0. The molecule has 1 aromatic carbocycles. The molecule has 50 heavy (non-hydrogen) atoms. The normalized spacial score (nSPS) is 31.9. The minimum atomic E-state index is -1.53. The maximum absolute atomic E-state index is 13.4. The lowest BCUT2D eigenvalue weighted by atomic mass is 9.91. The summed E-state index contributed by atoms with van der Waals surface area (Å²) in [6.07, 6.45) is 0.506. The molecule has 4 fully saturated rings. The van der Waals surface area contributed by atoms with Gasteiger partial charge in [-0.1, -0.05) is 24.3 Å². The monoisotopic (exact) mass is 702 g/mol. The van der Waals surface area contributed by atoms with Gasteiger partial charge in [0.15, 0.2) is 12.1 Å². The van der Waals surface area contributed by atoms with Crippen LogP contribution in [-0.2, 0) is 33.3 Å². The number of amides is 2. The first-order valence-corrected chi connectivity index (χ1v) is 17.2. The molecule has 2 aliphatic heterocycles. The molecule has 274 valence electrons. The lowest BCUT2D eigenvalue weighted by molar-refractivity contribution is -0.298. The van der Waals surface area contributed by atoms with Crippen LogP contribution in [0.4, 0.5) is 0 Å². The first-order valence-electron chi connectivity index (χ1n) is 17.2. The maximum atomic E-state index is 13.4. The molecule has 3 aliphatic carbocycles. The molecule has 2 saturated heterocycles. The SMILES string of the molecule is O=C(CCNC(=O)C1=CC2OC(C3CC3)(C3CC3)OC2C(OC(=O)c2ccc(C=CCOC3OC(CO)C(O)C(O)C3O)cc2)C1)NCCO. The number of hydrogen-bond donors (Lipinski definition) is 7. The first-order chi connectivity index (χ1) is 24.1. The van der Waals surface area contributed by atoms with Gasteiger partial charge in [0, 0.05) is 43.3 Å². The van der Waals surface area contributed by atoms with Gasteiger partial charge in [-0.3, -0.25) is 9.59 Å². The summed E-state index contributed by atoms with van der Waals surface area (Å²) in [4.78, 5) is 38.5. The third-order valence-corrected chi connectivity index (χ3v) is 9.69. The molecule has 5 aliphatic rings. The first kappa shape index (κ1) is 36.5. The summed E-state index contributed by atoms with van der Waals surface area (Å²) in [6, 6.07) is 6.63. The van der Waals surface area contributed by atoms with E-state index in [4.69, 9.17) is 28.8 Å². The molecule has 0 aromatic heterocycles. The number of ether oxygens (including phenoxy) is 5. The van der Waals surface area contributed by atoms with E-state index in [-0.39, 0.29) is 62.8 Å². The third-order valence-electron chi connectivity index (χ3n) is 9.69. The third kappa shape index (κ3) is 8.27. The highest BCUT2D eigenvalue weighted by Gasteiger charge is 2.64. The fourth-order valence-corrected chi connectivity index (χ4v) is 6.73. The van der Waals surface area contributed by atoms with Gasteiger partial charge in [0.2, 0.25) is 11.8 Å². The van der Waals surface area contributed by atoms with Crippen LogP contribution in [0, 0.1) is 11.8 Å². The Bertz CT molecular complexity index is 1410. The second kappa shape index (κ2) is 16.0. The van der Waals surface area contributed by atoms with Gasteiger partial charge in [-0.2, -0.15) is 0 Å². The van der Waals surface area contributed by atoms with Gasteiger partial charge in [-0.15, -0.1) is 0 Å². The van der Waals surface area contributed by atoms with E-state index >= 15 is 0 Å². The molecule has 0 bridgehead atoms. The van der Waals surface area contributed by atoms with Crippen LogP contribution in [0.5, 0.6) is 0 Å². The molecule has 8 unspecified atom stereocenters. The van der Waals surface area contributed by atoms with Crippen molar-refractivity contribution < 1.29 is 63.6 Å². The van der Waals surface area contributed by atoms with Gasteiger partial charge in [-0.25, -0.2) is 4.79 Å². The molecule has 7 N–H and O–H groups in total. The van der Waals surface area contributed by atoms with Crippen molar-refractivity contribution >= 4 is 23.9 Å². The molecule has 1 aromatic rings. The fourth-order valence-electron chi connectivity index (χ4n) is 6.73. The number of rotatable bonds is 15. The molecule has 6 rings (SSSR count). The summed E-state index contributed by atoms with van der Waals surface area (Å²) in [5.41, 5.74) is 1.41. The van der Waals surface area contributed by atoms with E-state index in [9.17, 15) is 34.8 Å². The second-order valence-electron chi connectivity index (χ2n) is 13.4. The van der Waals surface area contributed by atoms with Crippen molar-refractivity contribution in [2.45, 2.75) is 93.3 Å². The Morgan fingerprint density at radius 3 is 2.30 bits per heavy atom. The Kier molecular flexibility index (Phi) is 11.7. The lowest BCUT2D eigenvalue weighted by Crippen LogP contribution is -2.59. The smallest absolute Gasteiger partial charge is 0.338 e. The summed E-state index contributed by atoms with van der Waals surface area (Å²) < 4.78 is 30.0. The van der Waals surface area contributed by atoms with E-state index in [1.165, 1.54) is 0 Å². The van der Waals surface area contributed by atoms with Crippen LogP contribution >= 0.6 is 0 Å². The fraction of sp³-hybridized carbons (Fsp3) is 0.629. The van der Waals surface area contributed by atoms with Gasteiger partial charge in [-0.05, 0) is 49.5 Å². The number of esters is 1. The van der Waals surface area contributed by atoms with Gasteiger partial charge < -0.3 is 59.9 Å². The largest absolute Gasteiger partial charge is 0.456 e. The Morgan fingerprint density at radius 2 is 1.64 bits per heavy atom. The average Bonchev–Trinajstić information content (AvgIpc) is 4.07. The number of carbonyl (C=O) groups excluding carboxylic acids is 3. The zero-order valence-electron chi connectivity index (χ0n) is 27.6. The van der Waals surface area contributed by atoms with Crippen molar-refractivity contribution in [2.75, 3.05) is 32.9 Å². The quantitative estimate of drug-likeness (QED) is 0.112. The predicted molar refractivity (Wildman–Crippen MR) is 173 cm³/mol. The molecule has 8 atom stereocenters. The van der Waals surface area contributed by atoms with Crippen molar-refractivity contribution in [1.29, 1.82) is 0 Å². The molecule has 0 radical (unpaired) electrons. The van der Waals surface area contributed by atoms with Gasteiger partial charge in [0.05, 0.1) is 25.4 Å². The summed E-state index contributed by atoms with van der Waals surface area (Å²) in [5, 5.41) is 53.5. The molecular formula is C35H46N2O13. The molecule has 2 heterocycles.